The van der Waals surface area contributed by atoms with Gasteiger partial charge in [-0.3, -0.25) is 9.69 Å². The van der Waals surface area contributed by atoms with E-state index in [1.807, 2.05) is 25.1 Å². The summed E-state index contributed by atoms with van der Waals surface area (Å²) in [6.07, 6.45) is 2.02. The van der Waals surface area contributed by atoms with Gasteiger partial charge in [0.25, 0.3) is 5.91 Å². The Bertz CT molecular complexity index is 1310. The van der Waals surface area contributed by atoms with Crippen LogP contribution in [0.15, 0.2) is 34.9 Å². The number of hydrogen-bond acceptors (Lipinski definition) is 5. The number of pyridine rings is 1. The van der Waals surface area contributed by atoms with Crippen LogP contribution in [0.4, 0.5) is 26.7 Å². The first-order chi connectivity index (χ1) is 15.8. The fourth-order valence-electron chi connectivity index (χ4n) is 4.33. The zero-order chi connectivity index (χ0) is 23.3. The fourth-order valence-corrected chi connectivity index (χ4v) is 5.70. The number of thiophene rings is 1. The molecule has 4 amide bonds. The molecule has 1 atom stereocenters. The molecule has 0 bridgehead atoms. The van der Waals surface area contributed by atoms with E-state index in [1.165, 1.54) is 16.2 Å². The standard InChI is InChI=1S/C22H20BrN5O4S/c1-11-4-5-12(23)9-15(11)28-14-6-7-24-20-16(14)17(26-21(28)30)18(33-20)19(29)25-13-3-2-8-27(10-13)22(31)32/h4-7,9,13H,2-3,8,10H2,1H3,(H,25,29)(H,26,30)(H,31,32)/t13-/m1/s1. The van der Waals surface area contributed by atoms with E-state index in [-0.39, 0.29) is 24.5 Å². The van der Waals surface area contributed by atoms with Gasteiger partial charge in [0.05, 0.1) is 22.4 Å². The third-order valence-corrected chi connectivity index (χ3v) is 7.48. The molecule has 3 aromatic rings. The van der Waals surface area contributed by atoms with E-state index >= 15 is 0 Å². The topological polar surface area (TPSA) is 115 Å². The van der Waals surface area contributed by atoms with Gasteiger partial charge in [0.2, 0.25) is 0 Å². The van der Waals surface area contributed by atoms with E-state index in [4.69, 9.17) is 0 Å². The average molecular weight is 530 g/mol. The highest BCUT2D eigenvalue weighted by molar-refractivity contribution is 9.10. The first-order valence-corrected chi connectivity index (χ1v) is 12.0. The third kappa shape index (κ3) is 3.80. The molecule has 9 nitrogen and oxygen atoms in total. The van der Waals surface area contributed by atoms with Gasteiger partial charge in [0, 0.05) is 29.8 Å². The van der Waals surface area contributed by atoms with E-state index in [0.717, 1.165) is 15.7 Å². The van der Waals surface area contributed by atoms with Crippen LogP contribution in [0.5, 0.6) is 0 Å². The number of hydrogen-bond donors (Lipinski definition) is 3. The van der Waals surface area contributed by atoms with Crippen LogP contribution in [-0.2, 0) is 0 Å². The zero-order valence-electron chi connectivity index (χ0n) is 17.6. The molecule has 2 aromatic heterocycles. The Labute approximate surface area is 201 Å². The van der Waals surface area contributed by atoms with Gasteiger partial charge in [-0.25, -0.2) is 14.6 Å². The summed E-state index contributed by atoms with van der Waals surface area (Å²) >= 11 is 4.68. The number of nitrogens with one attached hydrogen (secondary N) is 2. The van der Waals surface area contributed by atoms with Gasteiger partial charge >= 0.3 is 12.1 Å². The molecule has 1 saturated heterocycles. The van der Waals surface area contributed by atoms with Gasteiger partial charge in [0.1, 0.15) is 9.71 Å². The second-order valence-electron chi connectivity index (χ2n) is 8.05. The lowest BCUT2D eigenvalue weighted by molar-refractivity contribution is 0.0893. The second-order valence-corrected chi connectivity index (χ2v) is 9.97. The van der Waals surface area contributed by atoms with Crippen molar-refractivity contribution in [3.63, 3.8) is 0 Å². The molecule has 2 aliphatic rings. The maximum absolute atomic E-state index is 13.2. The molecular formula is C22H20BrN5O4S. The molecule has 0 unspecified atom stereocenters. The Morgan fingerprint density at radius 3 is 2.91 bits per heavy atom. The number of carboxylic acid groups (broad SMARTS) is 1. The monoisotopic (exact) mass is 529 g/mol. The normalized spacial score (nSPS) is 17.8. The second kappa shape index (κ2) is 8.31. The van der Waals surface area contributed by atoms with Crippen molar-refractivity contribution in [3.05, 3.63) is 45.4 Å². The average Bonchev–Trinajstić information content (AvgIpc) is 3.16. The minimum Gasteiger partial charge on any atom is -0.465 e. The van der Waals surface area contributed by atoms with E-state index in [9.17, 15) is 19.5 Å². The van der Waals surface area contributed by atoms with Gasteiger partial charge in [-0.05, 0) is 43.5 Å². The molecule has 170 valence electrons. The number of carbonyl (C=O) groups excluding carboxylic acids is 2. The van der Waals surface area contributed by atoms with Crippen LogP contribution in [-0.4, -0.2) is 52.2 Å². The van der Waals surface area contributed by atoms with Crippen LogP contribution in [0.3, 0.4) is 0 Å². The first-order valence-electron chi connectivity index (χ1n) is 10.4. The number of anilines is 3. The number of amides is 4. The third-order valence-electron chi connectivity index (χ3n) is 5.89. The summed E-state index contributed by atoms with van der Waals surface area (Å²) in [5.41, 5.74) is 2.75. The molecule has 2 aliphatic heterocycles. The van der Waals surface area contributed by atoms with E-state index in [1.54, 1.807) is 17.2 Å². The van der Waals surface area contributed by atoms with Crippen LogP contribution in [0.25, 0.3) is 10.2 Å². The molecule has 1 aromatic carbocycles. The summed E-state index contributed by atoms with van der Waals surface area (Å²) in [5, 5.41) is 15.8. The molecule has 1 fully saturated rings. The predicted octanol–water partition coefficient (Wildman–Crippen LogP) is 4.92. The quantitative estimate of drug-likeness (QED) is 0.445. The number of nitrogens with zero attached hydrogens (tertiary/aromatic N) is 3. The van der Waals surface area contributed by atoms with Gasteiger partial charge < -0.3 is 20.6 Å². The summed E-state index contributed by atoms with van der Waals surface area (Å²) in [6, 6.07) is 6.84. The molecular weight excluding hydrogens is 510 g/mol. The zero-order valence-corrected chi connectivity index (χ0v) is 20.0. The highest BCUT2D eigenvalue weighted by Gasteiger charge is 2.34. The Morgan fingerprint density at radius 1 is 1.30 bits per heavy atom. The number of urea groups is 1. The summed E-state index contributed by atoms with van der Waals surface area (Å²) < 4.78 is 0.847. The molecule has 0 aliphatic carbocycles. The van der Waals surface area contributed by atoms with Crippen LogP contribution in [0.1, 0.15) is 28.1 Å². The van der Waals surface area contributed by atoms with Crippen molar-refractivity contribution in [2.24, 2.45) is 0 Å². The van der Waals surface area contributed by atoms with Crippen molar-refractivity contribution in [2.75, 3.05) is 23.3 Å². The van der Waals surface area contributed by atoms with Crippen molar-refractivity contribution in [3.8, 4) is 0 Å². The van der Waals surface area contributed by atoms with Gasteiger partial charge in [0.15, 0.2) is 0 Å². The van der Waals surface area contributed by atoms with Crippen LogP contribution in [0.2, 0.25) is 0 Å². The number of aromatic nitrogens is 1. The highest BCUT2D eigenvalue weighted by Crippen LogP contribution is 2.46. The Morgan fingerprint density at radius 2 is 2.12 bits per heavy atom. The largest absolute Gasteiger partial charge is 0.465 e. The number of aryl methyl sites for hydroxylation is 1. The molecule has 5 rings (SSSR count). The van der Waals surface area contributed by atoms with Gasteiger partial charge in [-0.1, -0.05) is 22.0 Å². The lowest BCUT2D eigenvalue weighted by Gasteiger charge is -2.31. The van der Waals surface area contributed by atoms with E-state index in [0.29, 0.717) is 45.9 Å². The highest BCUT2D eigenvalue weighted by atomic mass is 79.9. The molecule has 0 spiro atoms. The van der Waals surface area contributed by atoms with Crippen molar-refractivity contribution < 1.29 is 19.5 Å². The number of piperidine rings is 1. The van der Waals surface area contributed by atoms with Gasteiger partial charge in [-0.15, -0.1) is 11.3 Å². The minimum absolute atomic E-state index is 0.243. The molecule has 33 heavy (non-hydrogen) atoms. The van der Waals surface area contributed by atoms with Crippen LogP contribution in [0, 0.1) is 6.92 Å². The Kier molecular flexibility index (Phi) is 5.45. The molecule has 4 heterocycles. The number of rotatable bonds is 3. The predicted molar refractivity (Wildman–Crippen MR) is 130 cm³/mol. The maximum Gasteiger partial charge on any atom is 0.407 e. The lowest BCUT2D eigenvalue weighted by atomic mass is 10.1. The Balaban J connectivity index is 1.52. The van der Waals surface area contributed by atoms with Crippen LogP contribution < -0.4 is 15.5 Å². The minimum atomic E-state index is -0.991. The Hall–Kier alpha value is -3.18. The summed E-state index contributed by atoms with van der Waals surface area (Å²) in [6.45, 7) is 2.64. The smallest absolute Gasteiger partial charge is 0.407 e. The van der Waals surface area contributed by atoms with E-state index in [2.05, 4.69) is 31.5 Å². The van der Waals surface area contributed by atoms with E-state index < -0.39 is 6.09 Å². The number of carbonyl (C=O) groups is 3. The van der Waals surface area contributed by atoms with Crippen molar-refractivity contribution in [1.82, 2.24) is 15.2 Å². The van der Waals surface area contributed by atoms with Crippen molar-refractivity contribution >= 4 is 72.6 Å². The summed E-state index contributed by atoms with van der Waals surface area (Å²) in [5.74, 6) is -0.344. The fraction of sp³-hybridized carbons (Fsp3) is 0.273. The molecule has 0 radical (unpaired) electrons. The number of halogens is 1. The van der Waals surface area contributed by atoms with Crippen LogP contribution >= 0.6 is 27.3 Å². The van der Waals surface area contributed by atoms with Crippen molar-refractivity contribution in [1.29, 1.82) is 0 Å². The molecule has 0 saturated carbocycles. The maximum atomic E-state index is 13.2. The summed E-state index contributed by atoms with van der Waals surface area (Å²) in [7, 11) is 0. The lowest BCUT2D eigenvalue weighted by Crippen LogP contribution is -2.49. The number of benzene rings is 1. The van der Waals surface area contributed by atoms with Gasteiger partial charge in [-0.2, -0.15) is 0 Å². The molecule has 3 N–H and O–H groups in total. The molecule has 11 heteroatoms. The first kappa shape index (κ1) is 21.7. The number of likely N-dealkylation sites (tertiary alicyclic amines) is 1. The van der Waals surface area contributed by atoms with Crippen molar-refractivity contribution in [2.45, 2.75) is 25.8 Å². The summed E-state index contributed by atoms with van der Waals surface area (Å²) in [4.78, 5) is 46.0. The SMILES string of the molecule is Cc1ccc(Br)cc1N1C(=O)Nc2c(C(=O)N[C@@H]3CCCN(C(=O)O)C3)sc3nccc1c23.